The second kappa shape index (κ2) is 9.98. The van der Waals surface area contributed by atoms with Crippen molar-refractivity contribution >= 4 is 31.4 Å². The van der Waals surface area contributed by atoms with Crippen LogP contribution in [0.1, 0.15) is 64.4 Å². The minimum Gasteiger partial charge on any atom is -0.411 e. The number of anilines is 1. The van der Waals surface area contributed by atoms with E-state index in [1.54, 1.807) is 0 Å². The first-order chi connectivity index (χ1) is 15.0. The van der Waals surface area contributed by atoms with Crippen molar-refractivity contribution in [3.63, 3.8) is 0 Å². The highest BCUT2D eigenvalue weighted by Gasteiger charge is 2.47. The van der Waals surface area contributed by atoms with Crippen molar-refractivity contribution < 1.29 is 9.63 Å². The molecular formula is C26H37ClN2O2Si. The van der Waals surface area contributed by atoms with Crippen molar-refractivity contribution in [2.24, 2.45) is 5.16 Å². The molecule has 0 spiro atoms. The van der Waals surface area contributed by atoms with Crippen LogP contribution in [0, 0.1) is 0 Å². The molecule has 3 rings (SSSR count). The number of halogens is 1. The first kappa shape index (κ1) is 24.8. The second-order valence-electron chi connectivity index (χ2n) is 10.6. The van der Waals surface area contributed by atoms with Gasteiger partial charge in [-0.1, -0.05) is 73.9 Å². The predicted octanol–water partition coefficient (Wildman–Crippen LogP) is 8.05. The molecule has 1 aliphatic rings. The quantitative estimate of drug-likeness (QED) is 0.147. The molecule has 0 heterocycles. The van der Waals surface area contributed by atoms with Crippen molar-refractivity contribution in [3.05, 3.63) is 65.2 Å². The van der Waals surface area contributed by atoms with Crippen LogP contribution in [0.5, 0.6) is 0 Å². The van der Waals surface area contributed by atoms with Gasteiger partial charge in [-0.25, -0.2) is 0 Å². The summed E-state index contributed by atoms with van der Waals surface area (Å²) in [5.74, 6) is 1.06. The summed E-state index contributed by atoms with van der Waals surface area (Å²) >= 11 is 6.14. The highest BCUT2D eigenvalue weighted by atomic mass is 35.5. The Labute approximate surface area is 199 Å². The van der Waals surface area contributed by atoms with Crippen LogP contribution >= 0.6 is 11.6 Å². The highest BCUT2D eigenvalue weighted by Crippen LogP contribution is 2.47. The Balaban J connectivity index is 1.82. The van der Waals surface area contributed by atoms with Gasteiger partial charge in [0.1, 0.15) is 5.84 Å². The van der Waals surface area contributed by atoms with Gasteiger partial charge in [-0.3, -0.25) is 0 Å². The molecule has 0 atom stereocenters. The second-order valence-corrected chi connectivity index (χ2v) is 15.8. The molecule has 2 aromatic carbocycles. The van der Waals surface area contributed by atoms with E-state index in [0.717, 1.165) is 31.4 Å². The summed E-state index contributed by atoms with van der Waals surface area (Å²) in [4.78, 5) is 0. The first-order valence-corrected chi connectivity index (χ1v) is 14.8. The monoisotopic (exact) mass is 472 g/mol. The third-order valence-corrected chi connectivity index (χ3v) is 12.0. The number of hydrogen-bond acceptors (Lipinski definition) is 3. The molecule has 0 saturated heterocycles. The zero-order chi connectivity index (χ0) is 23.4. The number of benzene rings is 2. The van der Waals surface area contributed by atoms with E-state index in [0.29, 0.717) is 23.2 Å². The topological polar surface area (TPSA) is 53.9 Å². The molecule has 174 valence electrons. The Hall–Kier alpha value is -1.82. The summed E-state index contributed by atoms with van der Waals surface area (Å²) < 4.78 is 7.09. The molecule has 2 N–H and O–H groups in total. The maximum absolute atomic E-state index is 9.84. The minimum atomic E-state index is -2.03. The molecule has 4 nitrogen and oxygen atoms in total. The van der Waals surface area contributed by atoms with Crippen molar-refractivity contribution in [1.82, 2.24) is 0 Å². The van der Waals surface area contributed by atoms with Gasteiger partial charge < -0.3 is 15.0 Å². The van der Waals surface area contributed by atoms with E-state index in [4.69, 9.17) is 16.0 Å². The van der Waals surface area contributed by atoms with E-state index in [2.05, 4.69) is 74.7 Å². The zero-order valence-electron chi connectivity index (χ0n) is 20.0. The van der Waals surface area contributed by atoms with Crippen LogP contribution < -0.4 is 5.32 Å². The van der Waals surface area contributed by atoms with E-state index in [9.17, 15) is 5.21 Å². The summed E-state index contributed by atoms with van der Waals surface area (Å²) in [6.45, 7) is 11.4. The molecule has 0 aliphatic heterocycles. The third kappa shape index (κ3) is 6.15. The Morgan fingerprint density at radius 1 is 1.12 bits per heavy atom. The predicted molar refractivity (Wildman–Crippen MR) is 138 cm³/mol. The van der Waals surface area contributed by atoms with Gasteiger partial charge >= 0.3 is 0 Å². The number of rotatable bonds is 6. The normalized spacial score (nSPS) is 22.6. The van der Waals surface area contributed by atoms with E-state index >= 15 is 0 Å². The van der Waals surface area contributed by atoms with E-state index in [1.165, 1.54) is 5.56 Å². The van der Waals surface area contributed by atoms with Crippen molar-refractivity contribution in [3.8, 4) is 0 Å². The molecule has 32 heavy (non-hydrogen) atoms. The van der Waals surface area contributed by atoms with Gasteiger partial charge in [0.05, 0.1) is 5.60 Å². The molecule has 6 heteroatoms. The van der Waals surface area contributed by atoms with Gasteiger partial charge in [0.2, 0.25) is 0 Å². The zero-order valence-corrected chi connectivity index (χ0v) is 21.7. The van der Waals surface area contributed by atoms with E-state index in [1.807, 2.05) is 24.3 Å². The fourth-order valence-electron chi connectivity index (χ4n) is 4.35. The number of nitrogens with one attached hydrogen (secondary N) is 1. The molecule has 1 aliphatic carbocycles. The van der Waals surface area contributed by atoms with Crippen LogP contribution in [0.15, 0.2) is 59.8 Å². The van der Waals surface area contributed by atoms with Crippen LogP contribution in [-0.2, 0) is 4.43 Å². The smallest absolute Gasteiger partial charge is 0.192 e. The lowest BCUT2D eigenvalue weighted by molar-refractivity contribution is 0.0174. The SMILES string of the molecule is CC(C)(C)[Si](C)(C)OC1(C/C(=N/O)Nc2cccc(Cl)c2)CCC(c2ccccc2)CC1. The van der Waals surface area contributed by atoms with E-state index < -0.39 is 8.32 Å². The maximum atomic E-state index is 9.84. The average Bonchev–Trinajstić information content (AvgIpc) is 2.73. The molecule has 0 unspecified atom stereocenters. The summed E-state index contributed by atoms with van der Waals surface area (Å²) in [6, 6.07) is 18.2. The molecule has 2 aromatic rings. The van der Waals surface area contributed by atoms with Crippen LogP contribution in [-0.4, -0.2) is 25.0 Å². The fraction of sp³-hybridized carbons (Fsp3) is 0.500. The Morgan fingerprint density at radius 2 is 1.78 bits per heavy atom. The summed E-state index contributed by atoms with van der Waals surface area (Å²) in [7, 11) is -2.03. The molecule has 1 fully saturated rings. The van der Waals surface area contributed by atoms with Crippen LogP contribution in [0.2, 0.25) is 23.2 Å². The standard InChI is InChI=1S/C26H37ClN2O2Si/c1-25(2,3)32(4,5)31-26(16-14-21(15-17-26)20-10-7-6-8-11-20)19-24(29-30)28-23-13-9-12-22(27)18-23/h6-13,18,21,30H,14-17,19H2,1-5H3,(H,28,29). The maximum Gasteiger partial charge on any atom is 0.192 e. The Bertz CT molecular complexity index is 917. The van der Waals surface area contributed by atoms with Gasteiger partial charge in [0.25, 0.3) is 0 Å². The lowest BCUT2D eigenvalue weighted by atomic mass is 9.74. The number of hydrogen-bond donors (Lipinski definition) is 2. The number of amidine groups is 1. The van der Waals surface area contributed by atoms with Gasteiger partial charge in [-0.15, -0.1) is 0 Å². The number of nitrogens with zero attached hydrogens (tertiary/aromatic N) is 1. The van der Waals surface area contributed by atoms with Gasteiger partial charge in [0, 0.05) is 17.1 Å². The third-order valence-electron chi connectivity index (χ3n) is 7.17. The molecular weight excluding hydrogens is 436 g/mol. The minimum absolute atomic E-state index is 0.104. The molecule has 0 aromatic heterocycles. The summed E-state index contributed by atoms with van der Waals surface area (Å²) in [5.41, 5.74) is 1.87. The molecule has 0 bridgehead atoms. The largest absolute Gasteiger partial charge is 0.411 e. The van der Waals surface area contributed by atoms with Gasteiger partial charge in [-0.05, 0) is 73.5 Å². The van der Waals surface area contributed by atoms with Gasteiger partial charge in [-0.2, -0.15) is 0 Å². The van der Waals surface area contributed by atoms with Crippen LogP contribution in [0.25, 0.3) is 0 Å². The number of oxime groups is 1. The van der Waals surface area contributed by atoms with Crippen molar-refractivity contribution in [2.45, 2.75) is 82.5 Å². The molecule has 0 radical (unpaired) electrons. The van der Waals surface area contributed by atoms with Crippen LogP contribution in [0.4, 0.5) is 5.69 Å². The van der Waals surface area contributed by atoms with Gasteiger partial charge in [0.15, 0.2) is 8.32 Å². The summed E-state index contributed by atoms with van der Waals surface area (Å²) in [5, 5.41) is 17.5. The lowest BCUT2D eigenvalue weighted by Crippen LogP contribution is -2.52. The lowest BCUT2D eigenvalue weighted by Gasteiger charge is -2.48. The molecule has 0 amide bonds. The molecule has 1 saturated carbocycles. The van der Waals surface area contributed by atoms with Crippen molar-refractivity contribution in [1.29, 1.82) is 0 Å². The van der Waals surface area contributed by atoms with Crippen molar-refractivity contribution in [2.75, 3.05) is 5.32 Å². The highest BCUT2D eigenvalue weighted by molar-refractivity contribution is 6.74. The Kier molecular flexibility index (Phi) is 7.74. The first-order valence-electron chi connectivity index (χ1n) is 11.5. The Morgan fingerprint density at radius 3 is 2.34 bits per heavy atom. The fourth-order valence-corrected chi connectivity index (χ4v) is 6.21. The average molecular weight is 473 g/mol. The van der Waals surface area contributed by atoms with E-state index in [-0.39, 0.29) is 10.6 Å². The van der Waals surface area contributed by atoms with Crippen LogP contribution in [0.3, 0.4) is 0 Å². The summed E-state index contributed by atoms with van der Waals surface area (Å²) in [6.07, 6.45) is 4.55.